The summed E-state index contributed by atoms with van der Waals surface area (Å²) in [4.78, 5) is 17.5. The average molecular weight is 353 g/mol. The number of hydrogen-bond donors (Lipinski definition) is 0. The van der Waals surface area contributed by atoms with Gasteiger partial charge in [0.15, 0.2) is 23.9 Å². The maximum atomic E-state index is 13.1. The average Bonchev–Trinajstić information content (AvgIpc) is 2.97. The van der Waals surface area contributed by atoms with Gasteiger partial charge in [0.1, 0.15) is 12.6 Å². The van der Waals surface area contributed by atoms with Crippen LogP contribution in [0.4, 0.5) is 0 Å². The minimum Gasteiger partial charge on any atom is -0.493 e. The van der Waals surface area contributed by atoms with E-state index >= 15 is 0 Å². The van der Waals surface area contributed by atoms with Gasteiger partial charge < -0.3 is 9.47 Å². The normalized spacial score (nSPS) is 23.1. The van der Waals surface area contributed by atoms with Crippen molar-refractivity contribution >= 4 is 12.2 Å². The maximum absolute atomic E-state index is 13.1. The summed E-state index contributed by atoms with van der Waals surface area (Å²) in [6, 6.07) is 15.5. The van der Waals surface area contributed by atoms with Crippen molar-refractivity contribution in [2.75, 3.05) is 14.2 Å². The van der Waals surface area contributed by atoms with Crippen LogP contribution in [0.15, 0.2) is 53.5 Å². The highest BCUT2D eigenvalue weighted by Gasteiger charge is 2.48. The first-order valence-corrected chi connectivity index (χ1v) is 8.74. The van der Waals surface area contributed by atoms with E-state index in [-0.39, 0.29) is 22.5 Å². The minimum atomic E-state index is -0.332. The molecule has 0 spiro atoms. The molecule has 1 amide bonds. The van der Waals surface area contributed by atoms with Crippen LogP contribution >= 0.6 is 0 Å². The second-order valence-electron chi connectivity index (χ2n) is 6.64. The van der Waals surface area contributed by atoms with Gasteiger partial charge in [-0.2, -0.15) is 0 Å². The summed E-state index contributed by atoms with van der Waals surface area (Å²) in [6.07, 6.45) is 1.81. The van der Waals surface area contributed by atoms with Crippen LogP contribution in [0.5, 0.6) is 11.5 Å². The minimum absolute atomic E-state index is 0.0366. The zero-order chi connectivity index (χ0) is 18.7. The third-order valence-electron chi connectivity index (χ3n) is 5.13. The van der Waals surface area contributed by atoms with Gasteiger partial charge in [-0.3, -0.25) is 0 Å². The number of quaternary nitrogens is 1. The summed E-state index contributed by atoms with van der Waals surface area (Å²) in [7, 11) is 3.23. The van der Waals surface area contributed by atoms with Gasteiger partial charge in [-0.05, 0) is 32.0 Å². The SMILES string of the molecule is COc1ccc(C[N+]2(C(C)c3ccccc3)C=NC(C)C2=O)cc1OC. The summed E-state index contributed by atoms with van der Waals surface area (Å²) in [6.45, 7) is 4.45. The molecule has 5 nitrogen and oxygen atoms in total. The summed E-state index contributed by atoms with van der Waals surface area (Å²) in [5.41, 5.74) is 2.11. The van der Waals surface area contributed by atoms with Gasteiger partial charge in [0, 0.05) is 11.1 Å². The van der Waals surface area contributed by atoms with Crippen LogP contribution in [0.2, 0.25) is 0 Å². The van der Waals surface area contributed by atoms with E-state index in [1.165, 1.54) is 0 Å². The molecule has 0 aromatic heterocycles. The molecule has 0 saturated heterocycles. The number of hydrogen-bond acceptors (Lipinski definition) is 4. The molecule has 1 aliphatic rings. The zero-order valence-electron chi connectivity index (χ0n) is 15.7. The van der Waals surface area contributed by atoms with Crippen molar-refractivity contribution in [2.45, 2.75) is 32.5 Å². The number of benzene rings is 2. The molecule has 3 unspecified atom stereocenters. The molecule has 3 atom stereocenters. The van der Waals surface area contributed by atoms with Crippen LogP contribution in [-0.4, -0.2) is 37.0 Å². The Bertz CT molecular complexity index is 819. The van der Waals surface area contributed by atoms with E-state index in [1.54, 1.807) is 20.6 Å². The standard InChI is InChI=1S/C21H25N2O3/c1-15-21(24)23(14-22-15,16(2)18-8-6-5-7-9-18)13-17-10-11-19(25-3)20(12-17)26-4/h5-12,14-16H,13H2,1-4H3/q+1. The Labute approximate surface area is 154 Å². The number of carbonyl (C=O) groups excluding carboxylic acids is 1. The lowest BCUT2D eigenvalue weighted by Gasteiger charge is -2.34. The topological polar surface area (TPSA) is 47.9 Å². The summed E-state index contributed by atoms with van der Waals surface area (Å²) < 4.78 is 10.9. The Morgan fingerprint density at radius 1 is 1.08 bits per heavy atom. The third kappa shape index (κ3) is 3.10. The van der Waals surface area contributed by atoms with E-state index in [4.69, 9.17) is 9.47 Å². The summed E-state index contributed by atoms with van der Waals surface area (Å²) in [5.74, 6) is 1.44. The first kappa shape index (κ1) is 18.1. The van der Waals surface area contributed by atoms with Crippen molar-refractivity contribution in [3.63, 3.8) is 0 Å². The highest BCUT2D eigenvalue weighted by molar-refractivity contribution is 5.87. The molecule has 1 heterocycles. The fourth-order valence-electron chi connectivity index (χ4n) is 3.51. The molecule has 2 aromatic rings. The Morgan fingerprint density at radius 2 is 1.77 bits per heavy atom. The fraction of sp³-hybridized carbons (Fsp3) is 0.333. The molecule has 0 saturated carbocycles. The van der Waals surface area contributed by atoms with E-state index in [2.05, 4.69) is 24.0 Å². The molecule has 0 fully saturated rings. The Hall–Kier alpha value is -2.66. The zero-order valence-corrected chi connectivity index (χ0v) is 15.7. The van der Waals surface area contributed by atoms with E-state index in [0.717, 1.165) is 11.1 Å². The van der Waals surface area contributed by atoms with Crippen molar-refractivity contribution in [3.05, 3.63) is 59.7 Å². The van der Waals surface area contributed by atoms with Crippen molar-refractivity contribution in [1.29, 1.82) is 0 Å². The Morgan fingerprint density at radius 3 is 2.35 bits per heavy atom. The third-order valence-corrected chi connectivity index (χ3v) is 5.13. The summed E-state index contributed by atoms with van der Waals surface area (Å²) >= 11 is 0. The quantitative estimate of drug-likeness (QED) is 0.743. The number of aliphatic imine (C=N–C) groups is 1. The van der Waals surface area contributed by atoms with Crippen LogP contribution < -0.4 is 9.47 Å². The van der Waals surface area contributed by atoms with E-state index < -0.39 is 0 Å². The predicted octanol–water partition coefficient (Wildman–Crippen LogP) is 3.74. The molecule has 26 heavy (non-hydrogen) atoms. The molecule has 3 rings (SSSR count). The number of nitrogens with zero attached hydrogens (tertiary/aromatic N) is 2. The molecular formula is C21H25N2O3+. The van der Waals surface area contributed by atoms with Gasteiger partial charge in [-0.15, -0.1) is 0 Å². The molecule has 0 bridgehead atoms. The van der Waals surface area contributed by atoms with Crippen molar-refractivity contribution in [3.8, 4) is 11.5 Å². The summed E-state index contributed by atoms with van der Waals surface area (Å²) in [5, 5.41) is 0. The fourth-order valence-corrected chi connectivity index (χ4v) is 3.51. The number of ether oxygens (including phenoxy) is 2. The molecule has 0 aliphatic carbocycles. The Balaban J connectivity index is 2.01. The second-order valence-corrected chi connectivity index (χ2v) is 6.64. The number of carbonyl (C=O) groups is 1. The van der Waals surface area contributed by atoms with Crippen LogP contribution in [-0.2, 0) is 11.3 Å². The molecule has 5 heteroatoms. The molecule has 0 radical (unpaired) electrons. The highest BCUT2D eigenvalue weighted by Crippen LogP contribution is 2.36. The van der Waals surface area contributed by atoms with Gasteiger partial charge in [0.2, 0.25) is 0 Å². The van der Waals surface area contributed by atoms with Crippen molar-refractivity contribution in [2.24, 2.45) is 4.99 Å². The number of methoxy groups -OCH3 is 2. The largest absolute Gasteiger partial charge is 0.493 e. The van der Waals surface area contributed by atoms with Gasteiger partial charge in [-0.25, -0.2) is 14.3 Å². The molecule has 136 valence electrons. The van der Waals surface area contributed by atoms with E-state index in [9.17, 15) is 4.79 Å². The predicted molar refractivity (Wildman–Crippen MR) is 101 cm³/mol. The smallest absolute Gasteiger partial charge is 0.344 e. The Kier molecular flexibility index (Phi) is 5.09. The maximum Gasteiger partial charge on any atom is 0.344 e. The van der Waals surface area contributed by atoms with Crippen molar-refractivity contribution in [1.82, 2.24) is 0 Å². The number of amides is 1. The lowest BCUT2D eigenvalue weighted by Crippen LogP contribution is -2.51. The van der Waals surface area contributed by atoms with Gasteiger partial charge >= 0.3 is 5.91 Å². The van der Waals surface area contributed by atoms with E-state index in [1.807, 2.05) is 43.3 Å². The second kappa shape index (κ2) is 7.30. The highest BCUT2D eigenvalue weighted by atomic mass is 16.5. The first-order valence-electron chi connectivity index (χ1n) is 8.74. The lowest BCUT2D eigenvalue weighted by atomic mass is 10.0. The molecular weight excluding hydrogens is 328 g/mol. The monoisotopic (exact) mass is 353 g/mol. The molecule has 2 aromatic carbocycles. The van der Waals surface area contributed by atoms with Gasteiger partial charge in [-0.1, -0.05) is 30.3 Å². The molecule has 1 aliphatic heterocycles. The van der Waals surface area contributed by atoms with Crippen molar-refractivity contribution < 1.29 is 18.8 Å². The van der Waals surface area contributed by atoms with Crippen LogP contribution in [0, 0.1) is 0 Å². The van der Waals surface area contributed by atoms with Crippen LogP contribution in [0.25, 0.3) is 0 Å². The van der Waals surface area contributed by atoms with Gasteiger partial charge in [0.05, 0.1) is 14.2 Å². The first-order chi connectivity index (χ1) is 12.5. The van der Waals surface area contributed by atoms with Gasteiger partial charge in [0.25, 0.3) is 0 Å². The lowest BCUT2D eigenvalue weighted by molar-refractivity contribution is -0.800. The number of rotatable bonds is 6. The van der Waals surface area contributed by atoms with E-state index in [0.29, 0.717) is 18.0 Å². The van der Waals surface area contributed by atoms with Crippen LogP contribution in [0.3, 0.4) is 0 Å². The van der Waals surface area contributed by atoms with Crippen LogP contribution in [0.1, 0.15) is 31.0 Å². The molecule has 0 N–H and O–H groups in total.